The van der Waals surface area contributed by atoms with Gasteiger partial charge in [0, 0.05) is 44.9 Å². The van der Waals surface area contributed by atoms with E-state index in [-0.39, 0.29) is 12.5 Å². The van der Waals surface area contributed by atoms with E-state index in [9.17, 15) is 17.6 Å². The van der Waals surface area contributed by atoms with Gasteiger partial charge < -0.3 is 9.47 Å². The summed E-state index contributed by atoms with van der Waals surface area (Å²) < 4.78 is 52.1. The predicted octanol–water partition coefficient (Wildman–Crippen LogP) is 2.89. The average Bonchev–Trinajstić information content (AvgIpc) is 2.83. The fraction of sp³-hybridized carbons (Fsp3) is 0.769. The average molecular weight is 293 g/mol. The second-order valence-electron chi connectivity index (χ2n) is 5.35. The maximum absolute atomic E-state index is 12.9. The molecule has 1 aliphatic rings. The third-order valence-corrected chi connectivity index (χ3v) is 3.81. The summed E-state index contributed by atoms with van der Waals surface area (Å²) in [6, 6.07) is 0. The van der Waals surface area contributed by atoms with E-state index >= 15 is 0 Å². The summed E-state index contributed by atoms with van der Waals surface area (Å²) in [5, 5.41) is 0. The van der Waals surface area contributed by atoms with E-state index in [1.165, 1.54) is 0 Å². The van der Waals surface area contributed by atoms with Crippen molar-refractivity contribution in [3.8, 4) is 0 Å². The molecule has 0 unspecified atom stereocenters. The van der Waals surface area contributed by atoms with Crippen LogP contribution in [-0.4, -0.2) is 46.4 Å². The smallest absolute Gasteiger partial charge is 0.308 e. The Morgan fingerprint density at radius 1 is 1.45 bits per heavy atom. The zero-order chi connectivity index (χ0) is 14.8. The first-order valence-electron chi connectivity index (χ1n) is 6.75. The summed E-state index contributed by atoms with van der Waals surface area (Å²) in [6.07, 6.45) is 0.999. The monoisotopic (exact) mass is 293 g/mol. The minimum absolute atomic E-state index is 0.00172. The molecular formula is C13H19F4N3. The van der Waals surface area contributed by atoms with Crippen LogP contribution >= 0.6 is 0 Å². The van der Waals surface area contributed by atoms with Gasteiger partial charge in [-0.2, -0.15) is 0 Å². The number of rotatable bonds is 5. The van der Waals surface area contributed by atoms with Crippen LogP contribution in [0, 0.1) is 0 Å². The third kappa shape index (κ3) is 3.50. The Hall–Kier alpha value is -1.11. The molecule has 1 saturated heterocycles. The van der Waals surface area contributed by atoms with E-state index in [0.29, 0.717) is 13.1 Å². The highest BCUT2D eigenvalue weighted by atomic mass is 19.3. The number of alkyl halides is 4. The van der Waals surface area contributed by atoms with Crippen molar-refractivity contribution in [2.24, 2.45) is 7.05 Å². The van der Waals surface area contributed by atoms with E-state index in [1.807, 2.05) is 22.7 Å². The van der Waals surface area contributed by atoms with E-state index in [2.05, 4.69) is 4.98 Å². The topological polar surface area (TPSA) is 21.1 Å². The van der Waals surface area contributed by atoms with Crippen LogP contribution < -0.4 is 0 Å². The first-order valence-corrected chi connectivity index (χ1v) is 6.75. The number of hydrogen-bond donors (Lipinski definition) is 0. The van der Waals surface area contributed by atoms with Gasteiger partial charge >= 0.3 is 12.3 Å². The van der Waals surface area contributed by atoms with Crippen molar-refractivity contribution in [2.75, 3.05) is 19.6 Å². The van der Waals surface area contributed by atoms with E-state index < -0.39 is 18.8 Å². The minimum Gasteiger partial charge on any atom is -0.338 e. The second kappa shape index (κ2) is 6.11. The molecule has 1 aliphatic heterocycles. The SMILES string of the molecule is Cn1ccnc1[C@@H]1CCCN(CCC(F)(F)C(F)F)C1. The highest BCUT2D eigenvalue weighted by Gasteiger charge is 2.40. The van der Waals surface area contributed by atoms with Crippen LogP contribution in [0.25, 0.3) is 0 Å². The van der Waals surface area contributed by atoms with Crippen LogP contribution in [0.5, 0.6) is 0 Å². The van der Waals surface area contributed by atoms with E-state index in [0.717, 1.165) is 18.7 Å². The van der Waals surface area contributed by atoms with E-state index in [1.54, 1.807) is 6.20 Å². The first-order chi connectivity index (χ1) is 9.40. The van der Waals surface area contributed by atoms with Gasteiger partial charge in [-0.25, -0.2) is 22.5 Å². The van der Waals surface area contributed by atoms with Gasteiger partial charge in [-0.15, -0.1) is 0 Å². The van der Waals surface area contributed by atoms with Gasteiger partial charge in [-0.1, -0.05) is 0 Å². The van der Waals surface area contributed by atoms with Gasteiger partial charge in [-0.3, -0.25) is 0 Å². The number of hydrogen-bond acceptors (Lipinski definition) is 2. The molecule has 0 saturated carbocycles. The molecule has 0 spiro atoms. The van der Waals surface area contributed by atoms with Gasteiger partial charge in [0.05, 0.1) is 0 Å². The summed E-state index contributed by atoms with van der Waals surface area (Å²) in [7, 11) is 1.90. The van der Waals surface area contributed by atoms with Crippen LogP contribution in [0.4, 0.5) is 17.6 Å². The van der Waals surface area contributed by atoms with Crippen molar-refractivity contribution in [3.63, 3.8) is 0 Å². The molecule has 2 rings (SSSR count). The van der Waals surface area contributed by atoms with Crippen molar-refractivity contribution in [2.45, 2.75) is 37.5 Å². The van der Waals surface area contributed by atoms with Gasteiger partial charge in [0.15, 0.2) is 0 Å². The molecule has 0 bridgehead atoms. The quantitative estimate of drug-likeness (QED) is 0.778. The fourth-order valence-electron chi connectivity index (χ4n) is 2.66. The highest BCUT2D eigenvalue weighted by molar-refractivity contribution is 5.02. The molecule has 1 fully saturated rings. The lowest BCUT2D eigenvalue weighted by atomic mass is 9.97. The fourth-order valence-corrected chi connectivity index (χ4v) is 2.66. The number of likely N-dealkylation sites (tertiary alicyclic amines) is 1. The molecule has 7 heteroatoms. The molecule has 0 aliphatic carbocycles. The Morgan fingerprint density at radius 3 is 2.80 bits per heavy atom. The molecule has 0 aromatic carbocycles. The van der Waals surface area contributed by atoms with Crippen molar-refractivity contribution in [3.05, 3.63) is 18.2 Å². The largest absolute Gasteiger partial charge is 0.338 e. The maximum atomic E-state index is 12.9. The second-order valence-corrected chi connectivity index (χ2v) is 5.35. The Bertz CT molecular complexity index is 433. The number of nitrogens with zero attached hydrogens (tertiary/aromatic N) is 3. The van der Waals surface area contributed by atoms with Crippen LogP contribution in [0.1, 0.15) is 31.0 Å². The van der Waals surface area contributed by atoms with Crippen molar-refractivity contribution in [1.29, 1.82) is 0 Å². The molecule has 0 amide bonds. The summed E-state index contributed by atoms with van der Waals surface area (Å²) >= 11 is 0. The Kier molecular flexibility index (Phi) is 4.67. The molecule has 1 aromatic rings. The number of aromatic nitrogens is 2. The van der Waals surface area contributed by atoms with Crippen molar-refractivity contribution >= 4 is 0 Å². The Labute approximate surface area is 115 Å². The summed E-state index contributed by atoms with van der Waals surface area (Å²) in [5.74, 6) is -2.78. The first kappa shape index (κ1) is 15.3. The Balaban J connectivity index is 1.90. The van der Waals surface area contributed by atoms with Crippen LogP contribution in [0.15, 0.2) is 12.4 Å². The molecule has 0 radical (unpaired) electrons. The number of imidazole rings is 1. The number of piperidine rings is 1. The standard InChI is InChI=1S/C13H19F4N3/c1-19-8-5-18-11(19)10-3-2-6-20(9-10)7-4-13(16,17)12(14)15/h5,8,10,12H,2-4,6-7,9H2,1H3/t10-/m1/s1. The van der Waals surface area contributed by atoms with Gasteiger partial charge in [0.2, 0.25) is 0 Å². The zero-order valence-electron chi connectivity index (χ0n) is 11.4. The number of aryl methyl sites for hydroxylation is 1. The minimum atomic E-state index is -3.89. The molecule has 3 nitrogen and oxygen atoms in total. The van der Waals surface area contributed by atoms with Crippen molar-refractivity contribution in [1.82, 2.24) is 14.5 Å². The lowest BCUT2D eigenvalue weighted by molar-refractivity contribution is -0.136. The van der Waals surface area contributed by atoms with Gasteiger partial charge in [-0.05, 0) is 19.4 Å². The van der Waals surface area contributed by atoms with Crippen molar-refractivity contribution < 1.29 is 17.6 Å². The summed E-state index contributed by atoms with van der Waals surface area (Å²) in [4.78, 5) is 6.11. The molecule has 114 valence electrons. The van der Waals surface area contributed by atoms with Crippen LogP contribution in [-0.2, 0) is 7.05 Å². The third-order valence-electron chi connectivity index (χ3n) is 3.81. The lowest BCUT2D eigenvalue weighted by Gasteiger charge is -2.33. The lowest BCUT2D eigenvalue weighted by Crippen LogP contribution is -2.39. The zero-order valence-corrected chi connectivity index (χ0v) is 11.4. The predicted molar refractivity (Wildman–Crippen MR) is 67.2 cm³/mol. The molecule has 2 heterocycles. The summed E-state index contributed by atoms with van der Waals surface area (Å²) in [5.41, 5.74) is 0. The van der Waals surface area contributed by atoms with Crippen LogP contribution in [0.2, 0.25) is 0 Å². The van der Waals surface area contributed by atoms with Gasteiger partial charge in [0.25, 0.3) is 0 Å². The highest BCUT2D eigenvalue weighted by Crippen LogP contribution is 2.29. The van der Waals surface area contributed by atoms with Gasteiger partial charge in [0.1, 0.15) is 5.82 Å². The number of halogens is 4. The molecule has 0 N–H and O–H groups in total. The summed E-state index contributed by atoms with van der Waals surface area (Å²) in [6.45, 7) is 1.28. The molecule has 20 heavy (non-hydrogen) atoms. The normalized spacial score (nSPS) is 21.6. The molecule has 1 atom stereocenters. The molecular weight excluding hydrogens is 274 g/mol. The molecule has 1 aromatic heterocycles. The van der Waals surface area contributed by atoms with E-state index in [4.69, 9.17) is 0 Å². The Morgan fingerprint density at radius 2 is 2.20 bits per heavy atom. The van der Waals surface area contributed by atoms with Crippen LogP contribution in [0.3, 0.4) is 0 Å². The maximum Gasteiger partial charge on any atom is 0.308 e.